The lowest BCUT2D eigenvalue weighted by atomic mass is 10.1. The second-order valence-corrected chi connectivity index (χ2v) is 3.75. The summed E-state index contributed by atoms with van der Waals surface area (Å²) >= 11 is 5.95. The number of aliphatic carboxylic acids is 1. The number of carboxylic acid groups (broad SMARTS) is 1. The summed E-state index contributed by atoms with van der Waals surface area (Å²) < 4.78 is 5.20. The Kier molecular flexibility index (Phi) is 2.44. The molecule has 1 aromatic carbocycles. The molecule has 0 bridgehead atoms. The Bertz CT molecular complexity index is 428. The van der Waals surface area contributed by atoms with E-state index in [2.05, 4.69) is 0 Å². The zero-order valence-electron chi connectivity index (χ0n) is 7.79. The van der Waals surface area contributed by atoms with Crippen molar-refractivity contribution in [2.45, 2.75) is 12.8 Å². The molecular formula is C10H9ClO4. The van der Waals surface area contributed by atoms with E-state index in [0.29, 0.717) is 23.8 Å². The third-order valence-corrected chi connectivity index (χ3v) is 2.66. The molecule has 0 radical (unpaired) electrons. The van der Waals surface area contributed by atoms with Gasteiger partial charge in [-0.1, -0.05) is 11.6 Å². The van der Waals surface area contributed by atoms with E-state index in [-0.39, 0.29) is 17.7 Å². The number of carbonyl (C=O) groups is 1. The van der Waals surface area contributed by atoms with E-state index in [1.807, 2.05) is 0 Å². The fraction of sp³-hybridized carbons (Fsp3) is 0.300. The first-order chi connectivity index (χ1) is 7.09. The highest BCUT2D eigenvalue weighted by Gasteiger charge is 2.23. The Morgan fingerprint density at radius 2 is 2.33 bits per heavy atom. The van der Waals surface area contributed by atoms with Crippen LogP contribution in [0.1, 0.15) is 11.1 Å². The lowest BCUT2D eigenvalue weighted by Gasteiger charge is -2.08. The first kappa shape index (κ1) is 10.1. The highest BCUT2D eigenvalue weighted by atomic mass is 35.5. The van der Waals surface area contributed by atoms with Gasteiger partial charge in [0.15, 0.2) is 11.5 Å². The first-order valence-electron chi connectivity index (χ1n) is 4.47. The van der Waals surface area contributed by atoms with Crippen LogP contribution in [0.2, 0.25) is 5.02 Å². The van der Waals surface area contributed by atoms with Crippen molar-refractivity contribution in [1.29, 1.82) is 0 Å². The lowest BCUT2D eigenvalue weighted by Crippen LogP contribution is -2.01. The third-order valence-electron chi connectivity index (χ3n) is 2.32. The van der Waals surface area contributed by atoms with Gasteiger partial charge in [0, 0.05) is 22.6 Å². The number of benzene rings is 1. The van der Waals surface area contributed by atoms with E-state index >= 15 is 0 Å². The molecule has 0 aromatic heterocycles. The minimum atomic E-state index is -1.01. The number of rotatable bonds is 2. The molecule has 1 aliphatic heterocycles. The number of ether oxygens (including phenoxy) is 1. The van der Waals surface area contributed by atoms with Gasteiger partial charge >= 0.3 is 5.97 Å². The van der Waals surface area contributed by atoms with Crippen LogP contribution < -0.4 is 4.74 Å². The van der Waals surface area contributed by atoms with Gasteiger partial charge in [-0.05, 0) is 6.07 Å². The van der Waals surface area contributed by atoms with Crippen molar-refractivity contribution in [3.05, 3.63) is 22.2 Å². The maximum Gasteiger partial charge on any atom is 0.307 e. The van der Waals surface area contributed by atoms with Crippen molar-refractivity contribution in [3.8, 4) is 11.5 Å². The van der Waals surface area contributed by atoms with Crippen molar-refractivity contribution < 1.29 is 19.7 Å². The van der Waals surface area contributed by atoms with Crippen molar-refractivity contribution in [3.63, 3.8) is 0 Å². The van der Waals surface area contributed by atoms with E-state index in [1.165, 1.54) is 6.07 Å². The van der Waals surface area contributed by atoms with Crippen LogP contribution in [0.25, 0.3) is 0 Å². The smallest absolute Gasteiger partial charge is 0.307 e. The molecule has 0 atom stereocenters. The quantitative estimate of drug-likeness (QED) is 0.807. The fourth-order valence-corrected chi connectivity index (χ4v) is 1.96. The maximum absolute atomic E-state index is 10.5. The predicted molar refractivity (Wildman–Crippen MR) is 53.7 cm³/mol. The second-order valence-electron chi connectivity index (χ2n) is 3.34. The van der Waals surface area contributed by atoms with E-state index < -0.39 is 5.97 Å². The van der Waals surface area contributed by atoms with Crippen LogP contribution in [-0.4, -0.2) is 22.8 Å². The molecule has 2 N–H and O–H groups in total. The van der Waals surface area contributed by atoms with Crippen molar-refractivity contribution >= 4 is 17.6 Å². The highest BCUT2D eigenvalue weighted by molar-refractivity contribution is 6.31. The number of halogens is 1. The van der Waals surface area contributed by atoms with Gasteiger partial charge in [0.25, 0.3) is 0 Å². The molecule has 1 aliphatic rings. The van der Waals surface area contributed by atoms with Gasteiger partial charge in [0.1, 0.15) is 0 Å². The SMILES string of the molecule is O=C(O)Cc1cc(Cl)c2c(c1O)OCC2. The molecule has 1 heterocycles. The molecule has 15 heavy (non-hydrogen) atoms. The van der Waals surface area contributed by atoms with Gasteiger partial charge < -0.3 is 14.9 Å². The van der Waals surface area contributed by atoms with E-state index in [0.717, 1.165) is 5.56 Å². The molecule has 2 rings (SSSR count). The fourth-order valence-electron chi connectivity index (χ4n) is 1.65. The Hall–Kier alpha value is -1.42. The molecule has 0 spiro atoms. The summed E-state index contributed by atoms with van der Waals surface area (Å²) in [6.45, 7) is 0.471. The van der Waals surface area contributed by atoms with Crippen LogP contribution in [0.15, 0.2) is 6.07 Å². The van der Waals surface area contributed by atoms with Gasteiger partial charge in [0.2, 0.25) is 0 Å². The standard InChI is InChI=1S/C10H9ClO4/c11-7-3-5(4-8(12)13)9(14)10-6(7)1-2-15-10/h3,14H,1-2,4H2,(H,12,13). The van der Waals surface area contributed by atoms with Crippen molar-refractivity contribution in [1.82, 2.24) is 0 Å². The van der Waals surface area contributed by atoms with Crippen LogP contribution in [-0.2, 0) is 17.6 Å². The topological polar surface area (TPSA) is 66.8 Å². The number of carboxylic acids is 1. The Balaban J connectivity index is 2.50. The largest absolute Gasteiger partial charge is 0.504 e. The van der Waals surface area contributed by atoms with Crippen LogP contribution in [0, 0.1) is 0 Å². The molecule has 5 heteroatoms. The molecule has 4 nitrogen and oxygen atoms in total. The molecule has 0 saturated carbocycles. The van der Waals surface area contributed by atoms with Crippen LogP contribution in [0.5, 0.6) is 11.5 Å². The molecule has 80 valence electrons. The van der Waals surface area contributed by atoms with E-state index in [1.54, 1.807) is 0 Å². The summed E-state index contributed by atoms with van der Waals surface area (Å²) in [5.74, 6) is -0.785. The monoisotopic (exact) mass is 228 g/mol. The minimum Gasteiger partial charge on any atom is -0.504 e. The van der Waals surface area contributed by atoms with E-state index in [4.69, 9.17) is 21.4 Å². The molecule has 1 aromatic rings. The first-order valence-corrected chi connectivity index (χ1v) is 4.85. The van der Waals surface area contributed by atoms with Crippen molar-refractivity contribution in [2.75, 3.05) is 6.61 Å². The lowest BCUT2D eigenvalue weighted by molar-refractivity contribution is -0.136. The highest BCUT2D eigenvalue weighted by Crippen LogP contribution is 2.42. The third kappa shape index (κ3) is 1.72. The summed E-state index contributed by atoms with van der Waals surface area (Å²) in [6, 6.07) is 1.48. The van der Waals surface area contributed by atoms with Crippen LogP contribution >= 0.6 is 11.6 Å². The second kappa shape index (κ2) is 3.62. The van der Waals surface area contributed by atoms with Crippen molar-refractivity contribution in [2.24, 2.45) is 0 Å². The molecule has 0 aliphatic carbocycles. The van der Waals surface area contributed by atoms with Gasteiger partial charge in [-0.2, -0.15) is 0 Å². The van der Waals surface area contributed by atoms with Gasteiger partial charge in [-0.3, -0.25) is 4.79 Å². The normalized spacial score (nSPS) is 13.4. The molecule has 0 fully saturated rings. The summed E-state index contributed by atoms with van der Waals surface area (Å²) in [4.78, 5) is 10.5. The summed E-state index contributed by atoms with van der Waals surface area (Å²) in [5.41, 5.74) is 1.04. The predicted octanol–water partition coefficient (Wildman–Crippen LogP) is 1.61. The number of hydrogen-bond donors (Lipinski definition) is 2. The number of phenolic OH excluding ortho intramolecular Hbond substituents is 1. The van der Waals surface area contributed by atoms with Gasteiger partial charge in [-0.15, -0.1) is 0 Å². The number of aromatic hydroxyl groups is 1. The number of hydrogen-bond acceptors (Lipinski definition) is 3. The Morgan fingerprint density at radius 1 is 1.60 bits per heavy atom. The maximum atomic E-state index is 10.5. The average Bonchev–Trinajstić information content (AvgIpc) is 2.61. The summed E-state index contributed by atoms with van der Waals surface area (Å²) in [7, 11) is 0. The summed E-state index contributed by atoms with van der Waals surface area (Å²) in [6.07, 6.45) is 0.386. The average molecular weight is 229 g/mol. The molecular weight excluding hydrogens is 220 g/mol. The van der Waals surface area contributed by atoms with Crippen LogP contribution in [0.3, 0.4) is 0 Å². The zero-order chi connectivity index (χ0) is 11.0. The van der Waals surface area contributed by atoms with Gasteiger partial charge in [0.05, 0.1) is 13.0 Å². The Morgan fingerprint density at radius 3 is 3.00 bits per heavy atom. The molecule has 0 unspecified atom stereocenters. The van der Waals surface area contributed by atoms with Gasteiger partial charge in [-0.25, -0.2) is 0 Å². The molecule has 0 saturated heterocycles. The Labute approximate surface area is 91.1 Å². The molecule has 0 amide bonds. The number of fused-ring (bicyclic) bond motifs is 1. The van der Waals surface area contributed by atoms with E-state index in [9.17, 15) is 9.90 Å². The number of phenols is 1. The zero-order valence-corrected chi connectivity index (χ0v) is 8.54. The van der Waals surface area contributed by atoms with Crippen LogP contribution in [0.4, 0.5) is 0 Å². The summed E-state index contributed by atoms with van der Waals surface area (Å²) in [5, 5.41) is 18.8. The minimum absolute atomic E-state index is 0.102.